The van der Waals surface area contributed by atoms with Gasteiger partial charge in [-0.15, -0.1) is 0 Å². The molecule has 1 fully saturated rings. The monoisotopic (exact) mass is 457 g/mol. The lowest BCUT2D eigenvalue weighted by Gasteiger charge is -2.35. The van der Waals surface area contributed by atoms with E-state index in [0.29, 0.717) is 38.5 Å². The summed E-state index contributed by atoms with van der Waals surface area (Å²) in [5.41, 5.74) is -1.03. The molecule has 0 aromatic carbocycles. The molecule has 1 aliphatic heterocycles. The minimum Gasteiger partial charge on any atom is -0.455 e. The highest BCUT2D eigenvalue weighted by atomic mass is 32.2. The first kappa shape index (κ1) is 22.9. The van der Waals surface area contributed by atoms with Crippen molar-refractivity contribution in [2.45, 2.75) is 30.9 Å². The highest BCUT2D eigenvalue weighted by Crippen LogP contribution is 2.32. The highest BCUT2D eigenvalue weighted by Gasteiger charge is 2.34. The fourth-order valence-corrected chi connectivity index (χ4v) is 3.74. The summed E-state index contributed by atoms with van der Waals surface area (Å²) in [6.07, 6.45) is -4.62. The van der Waals surface area contributed by atoms with Gasteiger partial charge in [-0.25, -0.2) is 9.97 Å². The van der Waals surface area contributed by atoms with E-state index in [1.807, 2.05) is 0 Å². The molecular weight excluding hydrogens is 435 g/mol. The molecule has 12 heteroatoms. The Morgan fingerprint density at radius 3 is 2.52 bits per heavy atom. The van der Waals surface area contributed by atoms with Crippen LogP contribution < -0.4 is 10.2 Å². The molecule has 168 valence electrons. The van der Waals surface area contributed by atoms with Gasteiger partial charge in [0, 0.05) is 45.7 Å². The number of thioether (sulfide) groups is 1. The Hall–Kier alpha value is -2.76. The van der Waals surface area contributed by atoms with Crippen molar-refractivity contribution < 1.29 is 27.2 Å². The van der Waals surface area contributed by atoms with E-state index in [1.54, 1.807) is 22.8 Å². The van der Waals surface area contributed by atoms with Crippen LogP contribution in [-0.2, 0) is 16.7 Å². The third kappa shape index (κ3) is 5.90. The number of aromatic nitrogens is 2. The number of hydrogen-bond donors (Lipinski definition) is 1. The number of halogens is 3. The average Bonchev–Trinajstić information content (AvgIpc) is 3.21. The molecule has 0 unspecified atom stereocenters. The number of alkyl halides is 3. The maximum Gasteiger partial charge on any atom is 0.433 e. The number of carbonyl (C=O) groups is 2. The number of piperazine rings is 1. The Kier molecular flexibility index (Phi) is 7.08. The third-order valence-electron chi connectivity index (χ3n) is 4.60. The Morgan fingerprint density at radius 1 is 1.19 bits per heavy atom. The maximum absolute atomic E-state index is 13.4. The van der Waals surface area contributed by atoms with Crippen LogP contribution in [0.25, 0.3) is 0 Å². The van der Waals surface area contributed by atoms with Gasteiger partial charge in [0.1, 0.15) is 11.6 Å². The van der Waals surface area contributed by atoms with Crippen LogP contribution in [0.3, 0.4) is 0 Å². The van der Waals surface area contributed by atoms with Crippen LogP contribution in [-0.4, -0.2) is 59.4 Å². The standard InChI is InChI=1S/C19H22F3N5O3S/c1-3-23-17(29)14-5-4-13(30-14)11-31-18-24-15(19(20,21)22)10-16(25-18)27-8-6-26(7-9-27)12(2)28/h4-5,10H,3,6-9,11H2,1-2H3,(H,23,29). The zero-order chi connectivity index (χ0) is 22.6. The minimum atomic E-state index is -4.62. The van der Waals surface area contributed by atoms with Gasteiger partial charge in [0.15, 0.2) is 16.6 Å². The van der Waals surface area contributed by atoms with Crippen LogP contribution in [0.5, 0.6) is 0 Å². The first-order valence-electron chi connectivity index (χ1n) is 9.64. The molecule has 1 N–H and O–H groups in total. The summed E-state index contributed by atoms with van der Waals surface area (Å²) in [7, 11) is 0. The van der Waals surface area contributed by atoms with Crippen LogP contribution in [0.2, 0.25) is 0 Å². The first-order chi connectivity index (χ1) is 14.7. The number of nitrogens with one attached hydrogen (secondary N) is 1. The average molecular weight is 457 g/mol. The van der Waals surface area contributed by atoms with E-state index < -0.39 is 11.9 Å². The quantitative estimate of drug-likeness (QED) is 0.527. The van der Waals surface area contributed by atoms with Gasteiger partial charge in [-0.05, 0) is 19.1 Å². The molecule has 1 aliphatic rings. The summed E-state index contributed by atoms with van der Waals surface area (Å²) in [6.45, 7) is 5.28. The summed E-state index contributed by atoms with van der Waals surface area (Å²) in [5.74, 6) is 0.449. The first-order valence-corrected chi connectivity index (χ1v) is 10.6. The fourth-order valence-electron chi connectivity index (χ4n) is 3.00. The van der Waals surface area contributed by atoms with Gasteiger partial charge in [-0.3, -0.25) is 9.59 Å². The van der Waals surface area contributed by atoms with E-state index in [-0.39, 0.29) is 34.3 Å². The molecule has 8 nitrogen and oxygen atoms in total. The van der Waals surface area contributed by atoms with E-state index >= 15 is 0 Å². The predicted molar refractivity (Wildman–Crippen MR) is 108 cm³/mol. The van der Waals surface area contributed by atoms with Crippen LogP contribution in [0.15, 0.2) is 27.8 Å². The molecule has 3 rings (SSSR count). The molecule has 0 spiro atoms. The second-order valence-electron chi connectivity index (χ2n) is 6.80. The van der Waals surface area contributed by atoms with Gasteiger partial charge in [0.25, 0.3) is 5.91 Å². The third-order valence-corrected chi connectivity index (χ3v) is 5.47. The Balaban J connectivity index is 1.75. The van der Waals surface area contributed by atoms with Gasteiger partial charge in [-0.2, -0.15) is 13.2 Å². The molecule has 0 radical (unpaired) electrons. The summed E-state index contributed by atoms with van der Waals surface area (Å²) in [4.78, 5) is 34.5. The summed E-state index contributed by atoms with van der Waals surface area (Å²) in [6, 6.07) is 4.02. The van der Waals surface area contributed by atoms with Crippen molar-refractivity contribution in [2.75, 3.05) is 37.6 Å². The van der Waals surface area contributed by atoms with Crippen molar-refractivity contribution >= 4 is 29.4 Å². The van der Waals surface area contributed by atoms with Crippen molar-refractivity contribution in [3.8, 4) is 0 Å². The number of furan rings is 1. The number of hydrogen-bond acceptors (Lipinski definition) is 7. The minimum absolute atomic E-state index is 0.0465. The molecule has 0 saturated carbocycles. The van der Waals surface area contributed by atoms with Crippen molar-refractivity contribution in [3.05, 3.63) is 35.4 Å². The lowest BCUT2D eigenvalue weighted by molar-refractivity contribution is -0.141. The van der Waals surface area contributed by atoms with Gasteiger partial charge in [0.2, 0.25) is 5.91 Å². The zero-order valence-electron chi connectivity index (χ0n) is 17.0. The molecule has 2 aromatic heterocycles. The Morgan fingerprint density at radius 2 is 1.90 bits per heavy atom. The SMILES string of the molecule is CCNC(=O)c1ccc(CSc2nc(N3CCN(C(C)=O)CC3)cc(C(F)(F)F)n2)o1. The largest absolute Gasteiger partial charge is 0.455 e. The smallest absolute Gasteiger partial charge is 0.433 e. The fraction of sp³-hybridized carbons (Fsp3) is 0.474. The molecule has 0 atom stereocenters. The number of carbonyl (C=O) groups excluding carboxylic acids is 2. The van der Waals surface area contributed by atoms with E-state index in [1.165, 1.54) is 13.0 Å². The molecule has 1 saturated heterocycles. The maximum atomic E-state index is 13.4. The van der Waals surface area contributed by atoms with Crippen LogP contribution >= 0.6 is 11.8 Å². The van der Waals surface area contributed by atoms with Gasteiger partial charge in [0.05, 0.1) is 5.75 Å². The number of amides is 2. The zero-order valence-corrected chi connectivity index (χ0v) is 17.8. The lowest BCUT2D eigenvalue weighted by atomic mass is 10.3. The van der Waals surface area contributed by atoms with Crippen LogP contribution in [0, 0.1) is 0 Å². The van der Waals surface area contributed by atoms with Gasteiger partial charge < -0.3 is 19.5 Å². The van der Waals surface area contributed by atoms with Crippen molar-refractivity contribution in [1.29, 1.82) is 0 Å². The van der Waals surface area contributed by atoms with E-state index in [4.69, 9.17) is 4.42 Å². The molecule has 0 aliphatic carbocycles. The van der Waals surface area contributed by atoms with Crippen molar-refractivity contribution in [2.24, 2.45) is 0 Å². The predicted octanol–water partition coefficient (Wildman–Crippen LogP) is 2.80. The molecular formula is C19H22F3N5O3S. The van der Waals surface area contributed by atoms with Crippen molar-refractivity contribution in [3.63, 3.8) is 0 Å². The summed E-state index contributed by atoms with van der Waals surface area (Å²) >= 11 is 0.987. The topological polar surface area (TPSA) is 91.6 Å². The summed E-state index contributed by atoms with van der Waals surface area (Å²) in [5, 5.41) is 2.56. The summed E-state index contributed by atoms with van der Waals surface area (Å²) < 4.78 is 45.6. The number of anilines is 1. The van der Waals surface area contributed by atoms with Crippen LogP contribution in [0.4, 0.5) is 19.0 Å². The Labute approximate surface area is 181 Å². The highest BCUT2D eigenvalue weighted by molar-refractivity contribution is 7.98. The number of rotatable bonds is 6. The molecule has 2 amide bonds. The number of nitrogens with zero attached hydrogens (tertiary/aromatic N) is 4. The lowest BCUT2D eigenvalue weighted by Crippen LogP contribution is -2.48. The van der Waals surface area contributed by atoms with Crippen LogP contribution in [0.1, 0.15) is 35.9 Å². The molecule has 0 bridgehead atoms. The van der Waals surface area contributed by atoms with Gasteiger partial charge >= 0.3 is 6.18 Å². The second-order valence-corrected chi connectivity index (χ2v) is 7.74. The Bertz CT molecular complexity index is 942. The molecule has 2 aromatic rings. The molecule has 31 heavy (non-hydrogen) atoms. The van der Waals surface area contributed by atoms with Crippen molar-refractivity contribution in [1.82, 2.24) is 20.2 Å². The van der Waals surface area contributed by atoms with E-state index in [9.17, 15) is 22.8 Å². The second kappa shape index (κ2) is 9.58. The van der Waals surface area contributed by atoms with E-state index in [0.717, 1.165) is 17.8 Å². The van der Waals surface area contributed by atoms with Gasteiger partial charge in [-0.1, -0.05) is 11.8 Å². The normalized spacial score (nSPS) is 14.6. The molecule has 3 heterocycles. The van der Waals surface area contributed by atoms with E-state index in [2.05, 4.69) is 15.3 Å².